The van der Waals surface area contributed by atoms with Gasteiger partial charge in [0.1, 0.15) is 6.54 Å². The van der Waals surface area contributed by atoms with E-state index in [1.807, 2.05) is 0 Å². The van der Waals surface area contributed by atoms with Gasteiger partial charge in [-0.3, -0.25) is 9.59 Å². The number of carboxylic acid groups (broad SMARTS) is 1. The molecule has 3 amide bonds. The van der Waals surface area contributed by atoms with Crippen LogP contribution in [0.3, 0.4) is 0 Å². The van der Waals surface area contributed by atoms with Crippen molar-refractivity contribution in [3.63, 3.8) is 0 Å². The zero-order valence-electron chi connectivity index (χ0n) is 12.3. The van der Waals surface area contributed by atoms with Gasteiger partial charge in [0.2, 0.25) is 5.91 Å². The van der Waals surface area contributed by atoms with Crippen LogP contribution in [-0.4, -0.2) is 65.0 Å². The first-order valence-corrected chi connectivity index (χ1v) is 6.88. The summed E-state index contributed by atoms with van der Waals surface area (Å²) in [7, 11) is 1.55. The molecule has 0 aliphatic heterocycles. The van der Waals surface area contributed by atoms with Crippen molar-refractivity contribution < 1.29 is 19.5 Å². The Morgan fingerprint density at radius 1 is 1.35 bits per heavy atom. The lowest BCUT2D eigenvalue weighted by molar-refractivity contribution is -0.138. The largest absolute Gasteiger partial charge is 0.481 e. The fraction of sp³-hybridized carbons (Fsp3) is 0.769. The van der Waals surface area contributed by atoms with Crippen molar-refractivity contribution in [1.82, 2.24) is 15.1 Å². The van der Waals surface area contributed by atoms with Crippen LogP contribution in [0.5, 0.6) is 0 Å². The van der Waals surface area contributed by atoms with Crippen LogP contribution in [0.1, 0.15) is 33.1 Å². The van der Waals surface area contributed by atoms with Crippen molar-refractivity contribution in [3.05, 3.63) is 0 Å². The molecule has 0 aromatic heterocycles. The van der Waals surface area contributed by atoms with E-state index >= 15 is 0 Å². The molecule has 0 spiro atoms. The SMILES string of the molecule is CCN(C(=O)N(C)CC(=O)NC1CC1)C(C)CC(=O)O. The summed E-state index contributed by atoms with van der Waals surface area (Å²) in [6, 6.07) is -0.467. The van der Waals surface area contributed by atoms with Gasteiger partial charge in [-0.1, -0.05) is 0 Å². The number of urea groups is 1. The Hall–Kier alpha value is -1.79. The third-order valence-electron chi connectivity index (χ3n) is 3.24. The maximum atomic E-state index is 12.2. The summed E-state index contributed by atoms with van der Waals surface area (Å²) >= 11 is 0. The first kappa shape index (κ1) is 16.3. The molecule has 1 rings (SSSR count). The third-order valence-corrected chi connectivity index (χ3v) is 3.24. The normalized spacial score (nSPS) is 15.3. The van der Waals surface area contributed by atoms with Crippen molar-refractivity contribution >= 4 is 17.9 Å². The van der Waals surface area contributed by atoms with E-state index in [1.165, 1.54) is 9.80 Å². The standard InChI is InChI=1S/C13H23N3O4/c1-4-16(9(2)7-12(18)19)13(20)15(3)8-11(17)14-10-5-6-10/h9-10H,4-8H2,1-3H3,(H,14,17)(H,18,19). The van der Waals surface area contributed by atoms with Crippen LogP contribution in [0.25, 0.3) is 0 Å². The van der Waals surface area contributed by atoms with Gasteiger partial charge in [0.05, 0.1) is 6.42 Å². The van der Waals surface area contributed by atoms with Gasteiger partial charge >= 0.3 is 12.0 Å². The van der Waals surface area contributed by atoms with Crippen LogP contribution in [0.4, 0.5) is 4.79 Å². The minimum atomic E-state index is -0.946. The number of carbonyl (C=O) groups excluding carboxylic acids is 2. The maximum Gasteiger partial charge on any atom is 0.320 e. The van der Waals surface area contributed by atoms with E-state index in [2.05, 4.69) is 5.32 Å². The second-order valence-electron chi connectivity index (χ2n) is 5.21. The van der Waals surface area contributed by atoms with Gasteiger partial charge in [0.25, 0.3) is 0 Å². The first-order chi connectivity index (χ1) is 9.35. The van der Waals surface area contributed by atoms with E-state index in [9.17, 15) is 14.4 Å². The van der Waals surface area contributed by atoms with Crippen LogP contribution >= 0.6 is 0 Å². The number of aliphatic carboxylic acids is 1. The quantitative estimate of drug-likeness (QED) is 0.713. The summed E-state index contributed by atoms with van der Waals surface area (Å²) < 4.78 is 0. The van der Waals surface area contributed by atoms with Crippen LogP contribution in [0.2, 0.25) is 0 Å². The van der Waals surface area contributed by atoms with E-state index in [0.29, 0.717) is 6.54 Å². The molecule has 1 saturated carbocycles. The molecule has 7 nitrogen and oxygen atoms in total. The van der Waals surface area contributed by atoms with E-state index in [0.717, 1.165) is 12.8 Å². The molecule has 0 aromatic rings. The van der Waals surface area contributed by atoms with E-state index in [1.54, 1.807) is 20.9 Å². The van der Waals surface area contributed by atoms with Gasteiger partial charge in [-0.15, -0.1) is 0 Å². The number of carboxylic acids is 1. The summed E-state index contributed by atoms with van der Waals surface area (Å²) in [5, 5.41) is 11.6. The average Bonchev–Trinajstić information content (AvgIpc) is 3.12. The zero-order valence-corrected chi connectivity index (χ0v) is 12.3. The monoisotopic (exact) mass is 285 g/mol. The molecule has 114 valence electrons. The summed E-state index contributed by atoms with van der Waals surface area (Å²) in [5.74, 6) is -1.12. The number of hydrogen-bond acceptors (Lipinski definition) is 3. The number of nitrogens with one attached hydrogen (secondary N) is 1. The Balaban J connectivity index is 2.50. The number of carbonyl (C=O) groups is 3. The summed E-state index contributed by atoms with van der Waals surface area (Å²) in [5.41, 5.74) is 0. The van der Waals surface area contributed by atoms with E-state index in [4.69, 9.17) is 5.11 Å². The topological polar surface area (TPSA) is 90.0 Å². The Bertz CT molecular complexity index is 382. The average molecular weight is 285 g/mol. The molecule has 20 heavy (non-hydrogen) atoms. The van der Waals surface area contributed by atoms with Crippen molar-refractivity contribution in [2.24, 2.45) is 0 Å². The van der Waals surface area contributed by atoms with Crippen LogP contribution in [-0.2, 0) is 9.59 Å². The Labute approximate surface area is 118 Å². The van der Waals surface area contributed by atoms with Gasteiger partial charge in [0, 0.05) is 25.7 Å². The molecule has 1 atom stereocenters. The predicted molar refractivity (Wildman–Crippen MR) is 73.3 cm³/mol. The third kappa shape index (κ3) is 5.07. The van der Waals surface area contributed by atoms with Gasteiger partial charge < -0.3 is 20.2 Å². The first-order valence-electron chi connectivity index (χ1n) is 6.88. The van der Waals surface area contributed by atoms with E-state index < -0.39 is 12.0 Å². The number of amides is 3. The maximum absolute atomic E-state index is 12.2. The highest BCUT2D eigenvalue weighted by atomic mass is 16.4. The highest BCUT2D eigenvalue weighted by Gasteiger charge is 2.27. The number of rotatable bonds is 7. The fourth-order valence-corrected chi connectivity index (χ4v) is 2.00. The van der Waals surface area contributed by atoms with Crippen LogP contribution in [0, 0.1) is 0 Å². The fourth-order valence-electron chi connectivity index (χ4n) is 2.00. The van der Waals surface area contributed by atoms with Gasteiger partial charge in [-0.25, -0.2) is 4.79 Å². The highest BCUT2D eigenvalue weighted by Crippen LogP contribution is 2.18. The van der Waals surface area contributed by atoms with Crippen LogP contribution < -0.4 is 5.32 Å². The molecule has 0 heterocycles. The van der Waals surface area contributed by atoms with Crippen molar-refractivity contribution in [2.45, 2.75) is 45.2 Å². The number of likely N-dealkylation sites (N-methyl/N-ethyl adjacent to an activating group) is 1. The van der Waals surface area contributed by atoms with E-state index in [-0.39, 0.29) is 30.9 Å². The molecule has 1 aliphatic rings. The van der Waals surface area contributed by atoms with Crippen molar-refractivity contribution in [1.29, 1.82) is 0 Å². The van der Waals surface area contributed by atoms with Crippen molar-refractivity contribution in [3.8, 4) is 0 Å². The summed E-state index contributed by atoms with van der Waals surface area (Å²) in [4.78, 5) is 37.4. The van der Waals surface area contributed by atoms with Gasteiger partial charge in [-0.2, -0.15) is 0 Å². The zero-order chi connectivity index (χ0) is 15.3. The lowest BCUT2D eigenvalue weighted by atomic mass is 10.2. The highest BCUT2D eigenvalue weighted by molar-refractivity contribution is 5.84. The minimum absolute atomic E-state index is 0.00831. The molecular weight excluding hydrogens is 262 g/mol. The molecular formula is C13H23N3O4. The van der Waals surface area contributed by atoms with Gasteiger partial charge in [0.15, 0.2) is 0 Å². The van der Waals surface area contributed by atoms with Crippen LogP contribution in [0.15, 0.2) is 0 Å². The second kappa shape index (κ2) is 7.12. The second-order valence-corrected chi connectivity index (χ2v) is 5.21. The molecule has 0 radical (unpaired) electrons. The predicted octanol–water partition coefficient (Wildman–Crippen LogP) is 0.502. The Morgan fingerprint density at radius 3 is 2.40 bits per heavy atom. The lowest BCUT2D eigenvalue weighted by Gasteiger charge is -2.31. The minimum Gasteiger partial charge on any atom is -0.481 e. The Morgan fingerprint density at radius 2 is 1.95 bits per heavy atom. The molecule has 0 saturated heterocycles. The summed E-state index contributed by atoms with van der Waals surface area (Å²) in [6.07, 6.45) is 1.89. The molecule has 2 N–H and O–H groups in total. The molecule has 0 aromatic carbocycles. The van der Waals surface area contributed by atoms with Crippen molar-refractivity contribution in [2.75, 3.05) is 20.1 Å². The van der Waals surface area contributed by atoms with Gasteiger partial charge in [-0.05, 0) is 26.7 Å². The molecule has 1 unspecified atom stereocenters. The molecule has 1 aliphatic carbocycles. The smallest absolute Gasteiger partial charge is 0.320 e. The summed E-state index contributed by atoms with van der Waals surface area (Å²) in [6.45, 7) is 3.87. The number of nitrogens with zero attached hydrogens (tertiary/aromatic N) is 2. The molecule has 7 heteroatoms. The number of hydrogen-bond donors (Lipinski definition) is 2. The Kier molecular flexibility index (Phi) is 5.79. The molecule has 1 fully saturated rings. The lowest BCUT2D eigenvalue weighted by Crippen LogP contribution is -2.49. The molecule has 0 bridgehead atoms.